The largest absolute Gasteiger partial charge is 0.480 e. The molecule has 0 aliphatic carbocycles. The molecular formula is C5H9NO5P+. The van der Waals surface area contributed by atoms with E-state index in [-0.39, 0.29) is 0 Å². The molecule has 0 saturated carbocycles. The Morgan fingerprint density at radius 1 is 1.58 bits per heavy atom. The maximum Gasteiger partial charge on any atom is 0.451 e. The maximum absolute atomic E-state index is 10.6. The van der Waals surface area contributed by atoms with Crippen LogP contribution in [0.5, 0.6) is 0 Å². The highest BCUT2D eigenvalue weighted by atomic mass is 31.1. The predicted molar refractivity (Wildman–Crippen MR) is 40.0 cm³/mol. The van der Waals surface area contributed by atoms with Crippen LogP contribution in [-0.2, 0) is 14.2 Å². The van der Waals surface area contributed by atoms with E-state index in [1.54, 1.807) is 0 Å². The highest BCUT2D eigenvalue weighted by Crippen LogP contribution is 2.11. The zero-order chi connectivity index (χ0) is 9.72. The quantitative estimate of drug-likeness (QED) is 0.572. The number of hydrogen-bond acceptors (Lipinski definition) is 4. The van der Waals surface area contributed by atoms with Crippen LogP contribution in [0.15, 0.2) is 0 Å². The summed E-state index contributed by atoms with van der Waals surface area (Å²) in [7, 11) is -1.20. The minimum Gasteiger partial charge on any atom is -0.480 e. The highest BCUT2D eigenvalue weighted by Gasteiger charge is 2.32. The van der Waals surface area contributed by atoms with E-state index in [9.17, 15) is 14.2 Å². The average molecular weight is 194 g/mol. The molecule has 0 heterocycles. The van der Waals surface area contributed by atoms with E-state index in [1.807, 2.05) is 0 Å². The molecule has 2 unspecified atom stereocenters. The van der Waals surface area contributed by atoms with Gasteiger partial charge in [-0.05, 0) is 4.57 Å². The number of carbonyl (C=O) groups is 2. The van der Waals surface area contributed by atoms with Crippen molar-refractivity contribution >= 4 is 20.5 Å². The van der Waals surface area contributed by atoms with E-state index < -0.39 is 33.1 Å². The third-order valence-corrected chi connectivity index (χ3v) is 2.03. The van der Waals surface area contributed by atoms with Gasteiger partial charge in [0.25, 0.3) is 5.91 Å². The number of carboxylic acid groups (broad SMARTS) is 1. The first kappa shape index (κ1) is 11.0. The zero-order valence-electron chi connectivity index (χ0n) is 6.35. The van der Waals surface area contributed by atoms with Gasteiger partial charge in [0.1, 0.15) is 0 Å². The summed E-state index contributed by atoms with van der Waals surface area (Å²) in [6.07, 6.45) is 0. The summed E-state index contributed by atoms with van der Waals surface area (Å²) < 4.78 is 10.9. The van der Waals surface area contributed by atoms with Gasteiger partial charge >= 0.3 is 14.6 Å². The lowest BCUT2D eigenvalue weighted by Crippen LogP contribution is -2.40. The Balaban J connectivity index is 4.55. The van der Waals surface area contributed by atoms with Gasteiger partial charge in [-0.25, -0.2) is 4.79 Å². The summed E-state index contributed by atoms with van der Waals surface area (Å²) in [4.78, 5) is 21.0. The Morgan fingerprint density at radius 2 is 2.08 bits per heavy atom. The third kappa shape index (κ3) is 2.56. The van der Waals surface area contributed by atoms with Gasteiger partial charge in [0.15, 0.2) is 6.04 Å². The topological polar surface area (TPSA) is 94.9 Å². The van der Waals surface area contributed by atoms with Gasteiger partial charge in [-0.1, -0.05) is 0 Å². The lowest BCUT2D eigenvalue weighted by Gasteiger charge is -2.11. The molecule has 0 aromatic carbocycles. The van der Waals surface area contributed by atoms with Crippen molar-refractivity contribution in [1.29, 1.82) is 0 Å². The molecule has 0 fully saturated rings. The number of aliphatic hydroxyl groups is 1. The standard InChI is InChI=1S/C5H8NO5P/c1-3(8)6(12-11)4(2-7)5(9)10/h4,7H,2H2,1H3,(H,9,10)/p+1. The van der Waals surface area contributed by atoms with Crippen molar-refractivity contribution in [2.75, 3.05) is 6.61 Å². The molecule has 7 heteroatoms. The molecule has 0 radical (unpaired) electrons. The van der Waals surface area contributed by atoms with E-state index >= 15 is 0 Å². The first-order valence-electron chi connectivity index (χ1n) is 3.05. The van der Waals surface area contributed by atoms with Gasteiger partial charge in [-0.15, -0.1) is 4.67 Å². The molecule has 0 saturated heterocycles. The van der Waals surface area contributed by atoms with Gasteiger partial charge in [-0.3, -0.25) is 4.79 Å². The smallest absolute Gasteiger partial charge is 0.451 e. The van der Waals surface area contributed by atoms with Crippen LogP contribution in [0.4, 0.5) is 0 Å². The summed E-state index contributed by atoms with van der Waals surface area (Å²) in [5.41, 5.74) is 0. The SMILES string of the molecule is CC(=O)N([PH+]=O)C(CO)C(=O)O. The number of aliphatic hydroxyl groups excluding tert-OH is 1. The van der Waals surface area contributed by atoms with Gasteiger partial charge in [0, 0.05) is 6.92 Å². The Kier molecular flexibility index (Phi) is 4.39. The number of carbonyl (C=O) groups excluding carboxylic acids is 1. The van der Waals surface area contributed by atoms with Crippen molar-refractivity contribution in [2.24, 2.45) is 0 Å². The number of hydrogen-bond donors (Lipinski definition) is 2. The van der Waals surface area contributed by atoms with E-state index in [2.05, 4.69) is 0 Å². The monoisotopic (exact) mass is 194 g/mol. The summed E-state index contributed by atoms with van der Waals surface area (Å²) in [5.74, 6) is -2.03. The van der Waals surface area contributed by atoms with Gasteiger partial charge in [0.05, 0.1) is 6.61 Å². The number of amides is 1. The summed E-state index contributed by atoms with van der Waals surface area (Å²) in [6, 6.07) is -1.42. The zero-order valence-corrected chi connectivity index (χ0v) is 7.35. The Morgan fingerprint density at radius 3 is 2.17 bits per heavy atom. The molecule has 6 nitrogen and oxygen atoms in total. The fraction of sp³-hybridized carbons (Fsp3) is 0.600. The molecule has 68 valence electrons. The van der Waals surface area contributed by atoms with Crippen LogP contribution >= 0.6 is 8.61 Å². The van der Waals surface area contributed by atoms with Crippen LogP contribution in [0.25, 0.3) is 0 Å². The first-order chi connectivity index (χ1) is 5.54. The van der Waals surface area contributed by atoms with Crippen molar-refractivity contribution in [3.8, 4) is 0 Å². The summed E-state index contributed by atoms with van der Waals surface area (Å²) in [6.45, 7) is 0.334. The Bertz CT molecular complexity index is 206. The van der Waals surface area contributed by atoms with Crippen molar-refractivity contribution in [3.63, 3.8) is 0 Å². The van der Waals surface area contributed by atoms with Gasteiger partial charge < -0.3 is 10.2 Å². The van der Waals surface area contributed by atoms with Gasteiger partial charge in [-0.2, -0.15) is 0 Å². The average Bonchev–Trinajstić information content (AvgIpc) is 1.98. The van der Waals surface area contributed by atoms with Crippen LogP contribution in [0.2, 0.25) is 0 Å². The van der Waals surface area contributed by atoms with E-state index in [0.29, 0.717) is 4.67 Å². The van der Waals surface area contributed by atoms with Gasteiger partial charge in [0.2, 0.25) is 0 Å². The molecule has 12 heavy (non-hydrogen) atoms. The van der Waals surface area contributed by atoms with Crippen LogP contribution < -0.4 is 0 Å². The van der Waals surface area contributed by atoms with E-state index in [1.165, 1.54) is 0 Å². The van der Waals surface area contributed by atoms with Crippen LogP contribution in [0, 0.1) is 0 Å². The maximum atomic E-state index is 10.6. The molecule has 1 amide bonds. The van der Waals surface area contributed by atoms with Crippen LogP contribution in [0.1, 0.15) is 6.92 Å². The predicted octanol–water partition coefficient (Wildman–Crippen LogP) is -0.781. The fourth-order valence-electron chi connectivity index (χ4n) is 0.618. The van der Waals surface area contributed by atoms with E-state index in [0.717, 1.165) is 6.92 Å². The molecule has 2 atom stereocenters. The summed E-state index contributed by atoms with van der Waals surface area (Å²) in [5, 5.41) is 17.0. The second kappa shape index (κ2) is 4.79. The number of rotatable bonds is 4. The second-order valence-electron chi connectivity index (χ2n) is 2.02. The molecule has 0 spiro atoms. The second-order valence-corrected chi connectivity index (χ2v) is 2.68. The van der Waals surface area contributed by atoms with Crippen molar-refractivity contribution in [2.45, 2.75) is 13.0 Å². The minimum absolute atomic E-state index is 0.572. The fourth-order valence-corrected chi connectivity index (χ4v) is 1.07. The normalized spacial score (nSPS) is 12.5. The molecule has 0 rings (SSSR count). The number of nitrogens with zero attached hydrogens (tertiary/aromatic N) is 1. The molecular weight excluding hydrogens is 185 g/mol. The molecule has 2 N–H and O–H groups in total. The van der Waals surface area contributed by atoms with Crippen molar-refractivity contribution < 1.29 is 24.4 Å². The van der Waals surface area contributed by atoms with Crippen LogP contribution in [-0.4, -0.2) is 39.4 Å². The molecule has 0 aliphatic rings. The molecule has 0 aromatic heterocycles. The van der Waals surface area contributed by atoms with E-state index in [4.69, 9.17) is 10.2 Å². The highest BCUT2D eigenvalue weighted by molar-refractivity contribution is 7.22. The lowest BCUT2D eigenvalue weighted by atomic mass is 10.3. The molecule has 0 bridgehead atoms. The molecule has 0 aliphatic heterocycles. The third-order valence-electron chi connectivity index (χ3n) is 1.21. The van der Waals surface area contributed by atoms with Crippen molar-refractivity contribution in [3.05, 3.63) is 0 Å². The Labute approximate surface area is 70.0 Å². The summed E-state index contributed by atoms with van der Waals surface area (Å²) >= 11 is 0. The molecule has 0 aromatic rings. The van der Waals surface area contributed by atoms with Crippen molar-refractivity contribution in [1.82, 2.24) is 4.67 Å². The first-order valence-corrected chi connectivity index (χ1v) is 3.91. The lowest BCUT2D eigenvalue weighted by molar-refractivity contribution is -0.146. The minimum atomic E-state index is -1.42. The Hall–Kier alpha value is -1.00. The van der Waals surface area contributed by atoms with Crippen LogP contribution in [0.3, 0.4) is 0 Å². The number of carboxylic acids is 1. The number of aliphatic carboxylic acids is 1.